The Morgan fingerprint density at radius 3 is 2.77 bits per heavy atom. The van der Waals surface area contributed by atoms with E-state index < -0.39 is 0 Å². The monoisotopic (exact) mass is 501 g/mol. The standard InChI is InChI=1S/C22H17BrClN3O2S/c1-2-3-20-26-19-10-4-14(23)12-18(19)22(28)27(20)25-13-16-7-11-21(29-16)30-17-8-5-15(24)6-9-17/h4-13H,2-3H2,1H3. The van der Waals surface area contributed by atoms with Crippen LogP contribution in [0.25, 0.3) is 10.9 Å². The van der Waals surface area contributed by atoms with Crippen molar-refractivity contribution in [2.45, 2.75) is 29.8 Å². The lowest BCUT2D eigenvalue weighted by Gasteiger charge is -2.08. The molecule has 0 amide bonds. The maximum atomic E-state index is 13.0. The molecule has 0 radical (unpaired) electrons. The average molecular weight is 503 g/mol. The average Bonchev–Trinajstić information content (AvgIpc) is 3.17. The highest BCUT2D eigenvalue weighted by molar-refractivity contribution is 9.10. The normalized spacial score (nSPS) is 11.6. The van der Waals surface area contributed by atoms with Crippen LogP contribution in [0.5, 0.6) is 0 Å². The number of benzene rings is 2. The summed E-state index contributed by atoms with van der Waals surface area (Å²) >= 11 is 10.8. The molecule has 0 saturated heterocycles. The van der Waals surface area contributed by atoms with Gasteiger partial charge in [0, 0.05) is 20.8 Å². The first-order valence-electron chi connectivity index (χ1n) is 9.32. The largest absolute Gasteiger partial charge is 0.448 e. The second kappa shape index (κ2) is 9.20. The van der Waals surface area contributed by atoms with E-state index in [4.69, 9.17) is 16.0 Å². The summed E-state index contributed by atoms with van der Waals surface area (Å²) in [7, 11) is 0. The third-order valence-corrected chi connectivity index (χ3v) is 5.96. The highest BCUT2D eigenvalue weighted by Gasteiger charge is 2.11. The summed E-state index contributed by atoms with van der Waals surface area (Å²) < 4.78 is 8.00. The van der Waals surface area contributed by atoms with Gasteiger partial charge in [-0.05, 0) is 61.0 Å². The third-order valence-electron chi connectivity index (χ3n) is 4.28. The lowest BCUT2D eigenvalue weighted by Crippen LogP contribution is -2.22. The van der Waals surface area contributed by atoms with Crippen LogP contribution in [0.2, 0.25) is 5.02 Å². The van der Waals surface area contributed by atoms with Gasteiger partial charge < -0.3 is 4.42 Å². The number of rotatable bonds is 6. The Balaban J connectivity index is 1.64. The van der Waals surface area contributed by atoms with Crippen molar-refractivity contribution in [3.05, 3.63) is 86.0 Å². The van der Waals surface area contributed by atoms with Crippen LogP contribution < -0.4 is 5.56 Å². The molecule has 0 atom stereocenters. The summed E-state index contributed by atoms with van der Waals surface area (Å²) in [4.78, 5) is 18.7. The van der Waals surface area contributed by atoms with Gasteiger partial charge in [0.2, 0.25) is 0 Å². The van der Waals surface area contributed by atoms with E-state index in [1.165, 1.54) is 22.7 Å². The van der Waals surface area contributed by atoms with Crippen LogP contribution in [-0.4, -0.2) is 15.9 Å². The predicted molar refractivity (Wildman–Crippen MR) is 125 cm³/mol. The van der Waals surface area contributed by atoms with Gasteiger partial charge in [0.25, 0.3) is 5.56 Å². The van der Waals surface area contributed by atoms with Crippen LogP contribution in [0.1, 0.15) is 24.9 Å². The molecule has 0 fully saturated rings. The van der Waals surface area contributed by atoms with Crippen LogP contribution in [0.4, 0.5) is 0 Å². The van der Waals surface area contributed by atoms with Crippen LogP contribution in [0.15, 0.2) is 83.4 Å². The first kappa shape index (κ1) is 20.9. The van der Waals surface area contributed by atoms with E-state index in [0.29, 0.717) is 33.9 Å². The molecular formula is C22H17BrClN3O2S. The molecule has 5 nitrogen and oxygen atoms in total. The van der Waals surface area contributed by atoms with Crippen molar-refractivity contribution in [3.8, 4) is 0 Å². The highest BCUT2D eigenvalue weighted by Crippen LogP contribution is 2.29. The molecule has 0 bridgehead atoms. The number of furan rings is 1. The number of aryl methyl sites for hydroxylation is 1. The number of halogens is 2. The molecule has 0 aliphatic rings. The van der Waals surface area contributed by atoms with E-state index in [1.807, 2.05) is 55.5 Å². The van der Waals surface area contributed by atoms with Crippen LogP contribution in [0, 0.1) is 0 Å². The summed E-state index contributed by atoms with van der Waals surface area (Å²) in [5.41, 5.74) is 0.459. The fraction of sp³-hybridized carbons (Fsp3) is 0.136. The van der Waals surface area contributed by atoms with Crippen molar-refractivity contribution < 1.29 is 4.42 Å². The Morgan fingerprint density at radius 2 is 2.00 bits per heavy atom. The molecule has 2 aromatic heterocycles. The maximum absolute atomic E-state index is 13.0. The Labute approximate surface area is 190 Å². The van der Waals surface area contributed by atoms with Gasteiger partial charge in [0.15, 0.2) is 5.09 Å². The van der Waals surface area contributed by atoms with Crippen molar-refractivity contribution in [1.29, 1.82) is 0 Å². The molecule has 152 valence electrons. The van der Waals surface area contributed by atoms with Crippen molar-refractivity contribution in [1.82, 2.24) is 9.66 Å². The summed E-state index contributed by atoms with van der Waals surface area (Å²) in [6.45, 7) is 2.04. The van der Waals surface area contributed by atoms with Crippen molar-refractivity contribution >= 4 is 56.4 Å². The SMILES string of the molecule is CCCc1nc2ccc(Br)cc2c(=O)n1N=Cc1ccc(Sc2ccc(Cl)cc2)o1. The Bertz CT molecular complexity index is 1280. The highest BCUT2D eigenvalue weighted by atomic mass is 79.9. The van der Waals surface area contributed by atoms with Gasteiger partial charge >= 0.3 is 0 Å². The lowest BCUT2D eigenvalue weighted by atomic mass is 10.2. The van der Waals surface area contributed by atoms with E-state index >= 15 is 0 Å². The zero-order chi connectivity index (χ0) is 21.1. The predicted octanol–water partition coefficient (Wildman–Crippen LogP) is 6.39. The number of fused-ring (bicyclic) bond motifs is 1. The van der Waals surface area contributed by atoms with E-state index in [1.54, 1.807) is 6.07 Å². The molecule has 0 saturated carbocycles. The van der Waals surface area contributed by atoms with Crippen molar-refractivity contribution in [3.63, 3.8) is 0 Å². The van der Waals surface area contributed by atoms with Crippen LogP contribution in [-0.2, 0) is 6.42 Å². The second-order valence-electron chi connectivity index (χ2n) is 6.51. The molecule has 0 aliphatic carbocycles. The van der Waals surface area contributed by atoms with Crippen molar-refractivity contribution in [2.24, 2.45) is 5.10 Å². The fourth-order valence-corrected chi connectivity index (χ4v) is 4.16. The first-order valence-corrected chi connectivity index (χ1v) is 11.3. The van der Waals surface area contributed by atoms with Gasteiger partial charge in [-0.1, -0.05) is 46.2 Å². The summed E-state index contributed by atoms with van der Waals surface area (Å²) in [6.07, 6.45) is 3.04. The molecule has 0 aliphatic heterocycles. The molecular weight excluding hydrogens is 486 g/mol. The van der Waals surface area contributed by atoms with Gasteiger partial charge in [-0.2, -0.15) is 9.78 Å². The molecule has 0 N–H and O–H groups in total. The zero-order valence-electron chi connectivity index (χ0n) is 16.0. The first-order chi connectivity index (χ1) is 14.5. The fourth-order valence-electron chi connectivity index (χ4n) is 2.89. The molecule has 30 heavy (non-hydrogen) atoms. The molecule has 8 heteroatoms. The van der Waals surface area contributed by atoms with Crippen LogP contribution in [0.3, 0.4) is 0 Å². The van der Waals surface area contributed by atoms with Gasteiger partial charge in [-0.3, -0.25) is 4.79 Å². The quantitative estimate of drug-likeness (QED) is 0.287. The molecule has 0 unspecified atom stereocenters. The topological polar surface area (TPSA) is 60.4 Å². The van der Waals surface area contributed by atoms with Gasteiger partial charge in [-0.15, -0.1) is 0 Å². The van der Waals surface area contributed by atoms with E-state index in [9.17, 15) is 4.79 Å². The Kier molecular flexibility index (Phi) is 6.41. The minimum Gasteiger partial charge on any atom is -0.448 e. The Hall–Kier alpha value is -2.35. The van der Waals surface area contributed by atoms with Crippen LogP contribution >= 0.6 is 39.3 Å². The van der Waals surface area contributed by atoms with E-state index in [0.717, 1.165) is 20.9 Å². The zero-order valence-corrected chi connectivity index (χ0v) is 19.2. The number of aromatic nitrogens is 2. The van der Waals surface area contributed by atoms with Gasteiger partial charge in [0.1, 0.15) is 11.6 Å². The van der Waals surface area contributed by atoms with Crippen molar-refractivity contribution in [2.75, 3.05) is 0 Å². The summed E-state index contributed by atoms with van der Waals surface area (Å²) in [5.74, 6) is 1.17. The molecule has 4 aromatic rings. The Morgan fingerprint density at radius 1 is 1.20 bits per heavy atom. The van der Waals surface area contributed by atoms with Gasteiger partial charge in [0.05, 0.1) is 17.1 Å². The summed E-state index contributed by atoms with van der Waals surface area (Å²) in [6, 6.07) is 16.7. The maximum Gasteiger partial charge on any atom is 0.282 e. The molecule has 2 heterocycles. The minimum atomic E-state index is -0.205. The third kappa shape index (κ3) is 4.69. The number of hydrogen-bond acceptors (Lipinski definition) is 5. The minimum absolute atomic E-state index is 0.205. The number of nitrogens with zero attached hydrogens (tertiary/aromatic N) is 3. The van der Waals surface area contributed by atoms with Gasteiger partial charge in [-0.25, -0.2) is 4.98 Å². The smallest absolute Gasteiger partial charge is 0.282 e. The number of hydrogen-bond donors (Lipinski definition) is 0. The molecule has 4 rings (SSSR count). The van der Waals surface area contributed by atoms with E-state index in [-0.39, 0.29) is 5.56 Å². The summed E-state index contributed by atoms with van der Waals surface area (Å²) in [5, 5.41) is 6.31. The molecule has 0 spiro atoms. The molecule has 2 aromatic carbocycles. The van der Waals surface area contributed by atoms with E-state index in [2.05, 4.69) is 26.0 Å². The second-order valence-corrected chi connectivity index (χ2v) is 8.94. The lowest BCUT2D eigenvalue weighted by molar-refractivity contribution is 0.468.